The van der Waals surface area contributed by atoms with E-state index in [1.807, 2.05) is 0 Å². The number of imide groups is 1. The molecule has 2 amide bonds. The zero-order chi connectivity index (χ0) is 15.7. The molecule has 1 aliphatic heterocycles. The van der Waals surface area contributed by atoms with Crippen molar-refractivity contribution in [3.63, 3.8) is 0 Å². The number of rotatable bonds is 3. The summed E-state index contributed by atoms with van der Waals surface area (Å²) in [4.78, 5) is 33.3. The van der Waals surface area contributed by atoms with E-state index in [-0.39, 0.29) is 10.6 Å². The molecular weight excluding hydrogens is 308 g/mol. The van der Waals surface area contributed by atoms with Crippen LogP contribution in [0.15, 0.2) is 45.7 Å². The molecule has 2 aromatic rings. The predicted octanol–water partition coefficient (Wildman–Crippen LogP) is 3.18. The van der Waals surface area contributed by atoms with Crippen molar-refractivity contribution in [1.29, 1.82) is 0 Å². The number of nitro benzene ring substituents is 1. The number of hydrogen-bond donors (Lipinski definition) is 1. The summed E-state index contributed by atoms with van der Waals surface area (Å²) in [5.74, 6) is 0.160. The Balaban J connectivity index is 1.95. The molecule has 7 nitrogen and oxygen atoms in total. The number of nitro groups is 1. The van der Waals surface area contributed by atoms with Gasteiger partial charge >= 0.3 is 0 Å². The molecule has 0 unspecified atom stereocenters. The monoisotopic (exact) mass is 316 g/mol. The molecule has 1 N–H and O–H groups in total. The number of para-hydroxylation sites is 1. The molecule has 0 atom stereocenters. The van der Waals surface area contributed by atoms with Crippen molar-refractivity contribution in [2.75, 3.05) is 0 Å². The van der Waals surface area contributed by atoms with Gasteiger partial charge in [0.2, 0.25) is 0 Å². The SMILES string of the molecule is O=C1NC(=O)/C(=C\c2ccc(-c3ccccc3[N+](=O)[O-])o2)S1. The summed E-state index contributed by atoms with van der Waals surface area (Å²) in [5, 5.41) is 12.7. The van der Waals surface area contributed by atoms with Crippen LogP contribution in [-0.4, -0.2) is 16.1 Å². The third kappa shape index (κ3) is 2.63. The summed E-state index contributed by atoms with van der Waals surface area (Å²) in [6.45, 7) is 0. The quantitative estimate of drug-likeness (QED) is 0.530. The lowest BCUT2D eigenvalue weighted by Gasteiger charge is -1.98. The maximum absolute atomic E-state index is 11.5. The first-order valence-electron chi connectivity index (χ1n) is 6.13. The van der Waals surface area contributed by atoms with E-state index in [0.29, 0.717) is 17.1 Å². The number of amides is 2. The molecule has 2 heterocycles. The van der Waals surface area contributed by atoms with E-state index in [1.165, 1.54) is 12.1 Å². The number of thioether (sulfide) groups is 1. The van der Waals surface area contributed by atoms with Crippen molar-refractivity contribution in [3.8, 4) is 11.3 Å². The Morgan fingerprint density at radius 3 is 2.64 bits per heavy atom. The number of carbonyl (C=O) groups is 2. The second kappa shape index (κ2) is 5.49. The zero-order valence-electron chi connectivity index (χ0n) is 10.9. The summed E-state index contributed by atoms with van der Waals surface area (Å²) >= 11 is 0.775. The van der Waals surface area contributed by atoms with Gasteiger partial charge in [-0.2, -0.15) is 0 Å². The number of nitrogens with zero attached hydrogens (tertiary/aromatic N) is 1. The molecule has 1 fully saturated rings. The van der Waals surface area contributed by atoms with E-state index in [0.717, 1.165) is 11.8 Å². The third-order valence-corrected chi connectivity index (χ3v) is 3.72. The molecule has 8 heteroatoms. The first-order chi connectivity index (χ1) is 10.5. The largest absolute Gasteiger partial charge is 0.456 e. The lowest BCUT2D eigenvalue weighted by Crippen LogP contribution is -2.17. The van der Waals surface area contributed by atoms with Crippen LogP contribution in [0.3, 0.4) is 0 Å². The van der Waals surface area contributed by atoms with Crippen molar-refractivity contribution in [3.05, 3.63) is 57.2 Å². The molecule has 1 aliphatic rings. The number of carbonyl (C=O) groups excluding carboxylic acids is 2. The van der Waals surface area contributed by atoms with Crippen molar-refractivity contribution < 1.29 is 18.9 Å². The van der Waals surface area contributed by atoms with Crippen LogP contribution in [0, 0.1) is 10.1 Å². The molecule has 3 rings (SSSR count). The van der Waals surface area contributed by atoms with E-state index >= 15 is 0 Å². The highest BCUT2D eigenvalue weighted by atomic mass is 32.2. The van der Waals surface area contributed by atoms with Crippen LogP contribution in [0.5, 0.6) is 0 Å². The number of nitrogens with one attached hydrogen (secondary N) is 1. The molecule has 0 bridgehead atoms. The molecule has 1 aromatic heterocycles. The highest BCUT2D eigenvalue weighted by molar-refractivity contribution is 8.18. The van der Waals surface area contributed by atoms with Crippen LogP contribution < -0.4 is 5.32 Å². The van der Waals surface area contributed by atoms with Crippen LogP contribution in [0.25, 0.3) is 17.4 Å². The van der Waals surface area contributed by atoms with Gasteiger partial charge in [-0.3, -0.25) is 25.0 Å². The molecule has 1 saturated heterocycles. The average molecular weight is 316 g/mol. The van der Waals surface area contributed by atoms with Gasteiger partial charge in [0.15, 0.2) is 0 Å². The van der Waals surface area contributed by atoms with Crippen LogP contribution in [0.1, 0.15) is 5.76 Å². The number of hydrogen-bond acceptors (Lipinski definition) is 6. The Labute approximate surface area is 128 Å². The topological polar surface area (TPSA) is 102 Å². The fourth-order valence-corrected chi connectivity index (χ4v) is 2.63. The molecule has 0 radical (unpaired) electrons. The molecule has 0 spiro atoms. The Morgan fingerprint density at radius 1 is 1.18 bits per heavy atom. The van der Waals surface area contributed by atoms with Crippen molar-refractivity contribution in [2.24, 2.45) is 0 Å². The van der Waals surface area contributed by atoms with E-state index in [1.54, 1.807) is 30.3 Å². The lowest BCUT2D eigenvalue weighted by atomic mass is 10.1. The second-order valence-corrected chi connectivity index (χ2v) is 5.34. The summed E-state index contributed by atoms with van der Waals surface area (Å²) < 4.78 is 5.52. The maximum atomic E-state index is 11.5. The fourth-order valence-electron chi connectivity index (χ4n) is 1.97. The summed E-state index contributed by atoms with van der Waals surface area (Å²) in [6, 6.07) is 9.35. The van der Waals surface area contributed by atoms with Crippen molar-refractivity contribution in [1.82, 2.24) is 5.32 Å². The van der Waals surface area contributed by atoms with Crippen LogP contribution >= 0.6 is 11.8 Å². The highest BCUT2D eigenvalue weighted by Crippen LogP contribution is 2.32. The molecular formula is C14H8N2O5S. The van der Waals surface area contributed by atoms with Gasteiger partial charge in [-0.05, 0) is 30.0 Å². The van der Waals surface area contributed by atoms with E-state index in [9.17, 15) is 19.7 Å². The fraction of sp³-hybridized carbons (Fsp3) is 0. The van der Waals surface area contributed by atoms with Gasteiger partial charge in [0.05, 0.1) is 15.4 Å². The summed E-state index contributed by atoms with van der Waals surface area (Å²) in [7, 11) is 0. The Bertz CT molecular complexity index is 824. The van der Waals surface area contributed by atoms with Crippen LogP contribution in [0.2, 0.25) is 0 Å². The van der Waals surface area contributed by atoms with Crippen LogP contribution in [0.4, 0.5) is 10.5 Å². The minimum atomic E-state index is -0.491. The van der Waals surface area contributed by atoms with E-state index < -0.39 is 16.1 Å². The number of benzene rings is 1. The Kier molecular flexibility index (Phi) is 3.51. The second-order valence-electron chi connectivity index (χ2n) is 4.33. The minimum Gasteiger partial charge on any atom is -0.456 e. The van der Waals surface area contributed by atoms with Gasteiger partial charge in [0.1, 0.15) is 11.5 Å². The smallest absolute Gasteiger partial charge is 0.290 e. The summed E-state index contributed by atoms with van der Waals surface area (Å²) in [5.41, 5.74) is 0.274. The lowest BCUT2D eigenvalue weighted by molar-refractivity contribution is -0.384. The van der Waals surface area contributed by atoms with Gasteiger partial charge in [-0.1, -0.05) is 12.1 Å². The normalized spacial score (nSPS) is 16.1. The van der Waals surface area contributed by atoms with Gasteiger partial charge in [-0.15, -0.1) is 0 Å². The third-order valence-electron chi connectivity index (χ3n) is 2.91. The first kappa shape index (κ1) is 14.1. The van der Waals surface area contributed by atoms with Gasteiger partial charge in [0.25, 0.3) is 16.8 Å². The van der Waals surface area contributed by atoms with E-state index in [4.69, 9.17) is 4.42 Å². The van der Waals surface area contributed by atoms with Crippen LogP contribution in [-0.2, 0) is 4.79 Å². The molecule has 0 aliphatic carbocycles. The molecule has 1 aromatic carbocycles. The van der Waals surface area contributed by atoms with Crippen molar-refractivity contribution in [2.45, 2.75) is 0 Å². The number of furan rings is 1. The average Bonchev–Trinajstić information content (AvgIpc) is 3.06. The Hall–Kier alpha value is -2.87. The highest BCUT2D eigenvalue weighted by Gasteiger charge is 2.25. The standard InChI is InChI=1S/C14H8N2O5S/c17-13-12(22-14(18)15-13)7-8-5-6-11(21-8)9-3-1-2-4-10(9)16(19)20/h1-7H,(H,15,17,18)/b12-7+. The van der Waals surface area contributed by atoms with Gasteiger partial charge in [-0.25, -0.2) is 0 Å². The van der Waals surface area contributed by atoms with E-state index in [2.05, 4.69) is 5.32 Å². The van der Waals surface area contributed by atoms with Crippen molar-refractivity contribution >= 4 is 34.7 Å². The Morgan fingerprint density at radius 2 is 1.95 bits per heavy atom. The molecule has 22 heavy (non-hydrogen) atoms. The van der Waals surface area contributed by atoms with Gasteiger partial charge < -0.3 is 4.42 Å². The first-order valence-corrected chi connectivity index (χ1v) is 6.95. The molecule has 110 valence electrons. The molecule has 0 saturated carbocycles. The maximum Gasteiger partial charge on any atom is 0.290 e. The predicted molar refractivity (Wildman–Crippen MR) is 79.9 cm³/mol. The van der Waals surface area contributed by atoms with Gasteiger partial charge in [0, 0.05) is 12.1 Å². The minimum absolute atomic E-state index is 0.0702. The summed E-state index contributed by atoms with van der Waals surface area (Å²) in [6.07, 6.45) is 1.42. The zero-order valence-corrected chi connectivity index (χ0v) is 11.8.